The van der Waals surface area contributed by atoms with Gasteiger partial charge in [0.2, 0.25) is 10.0 Å². The highest BCUT2D eigenvalue weighted by Gasteiger charge is 2.35. The summed E-state index contributed by atoms with van der Waals surface area (Å²) >= 11 is 0. The number of alkyl halides is 3. The summed E-state index contributed by atoms with van der Waals surface area (Å²) in [5.74, 6) is -0.686. The lowest BCUT2D eigenvalue weighted by Crippen LogP contribution is -2.42. The van der Waals surface area contributed by atoms with E-state index >= 15 is 0 Å². The van der Waals surface area contributed by atoms with Gasteiger partial charge in [-0.2, -0.15) is 13.2 Å². The Balaban J connectivity index is 1.76. The molecule has 2 aromatic carbocycles. The molecule has 174 valence electrons. The standard InChI is InChI=1S/C22H26F3N3O3S/c1-14-13-17(32(30,31)28-15(2)16-9-11-26-12-10-16)7-8-20(14)27-21(29)18-5-3-4-6-19(18)22(23,24)25/h3-8,13,15-16,26,28H,9-12H2,1-2H3,(H,27,29)/t15-/m1/s1. The first-order valence-electron chi connectivity index (χ1n) is 10.3. The van der Waals surface area contributed by atoms with Gasteiger partial charge in [0.05, 0.1) is 16.0 Å². The van der Waals surface area contributed by atoms with Crippen molar-refractivity contribution < 1.29 is 26.4 Å². The van der Waals surface area contributed by atoms with Crippen LogP contribution in [0, 0.1) is 12.8 Å². The van der Waals surface area contributed by atoms with Crippen LogP contribution in [0.2, 0.25) is 0 Å². The largest absolute Gasteiger partial charge is 0.417 e. The number of amides is 1. The van der Waals surface area contributed by atoms with Gasteiger partial charge < -0.3 is 10.6 Å². The number of sulfonamides is 1. The van der Waals surface area contributed by atoms with Gasteiger partial charge in [-0.25, -0.2) is 13.1 Å². The summed E-state index contributed by atoms with van der Waals surface area (Å²) < 4.78 is 67.9. The lowest BCUT2D eigenvalue weighted by molar-refractivity contribution is -0.137. The molecule has 1 atom stereocenters. The zero-order valence-corrected chi connectivity index (χ0v) is 18.6. The third-order valence-corrected chi connectivity index (χ3v) is 7.22. The van der Waals surface area contributed by atoms with Crippen molar-refractivity contribution in [3.05, 3.63) is 59.2 Å². The number of piperidine rings is 1. The summed E-state index contributed by atoms with van der Waals surface area (Å²) in [6.07, 6.45) is -2.90. The van der Waals surface area contributed by atoms with Gasteiger partial charge in [0, 0.05) is 11.7 Å². The monoisotopic (exact) mass is 469 g/mol. The highest BCUT2D eigenvalue weighted by molar-refractivity contribution is 7.89. The van der Waals surface area contributed by atoms with E-state index in [0.29, 0.717) is 5.56 Å². The summed E-state index contributed by atoms with van der Waals surface area (Å²) in [7, 11) is -3.79. The molecule has 0 radical (unpaired) electrons. The second-order valence-corrected chi connectivity index (χ2v) is 9.69. The number of benzene rings is 2. The second kappa shape index (κ2) is 9.60. The zero-order valence-electron chi connectivity index (χ0n) is 17.8. The number of carbonyl (C=O) groups is 1. The summed E-state index contributed by atoms with van der Waals surface area (Å²) in [6, 6.07) is 8.36. The van der Waals surface area contributed by atoms with Crippen molar-refractivity contribution in [2.75, 3.05) is 18.4 Å². The second-order valence-electron chi connectivity index (χ2n) is 7.97. The molecule has 0 aromatic heterocycles. The summed E-state index contributed by atoms with van der Waals surface area (Å²) in [5.41, 5.74) is -0.892. The van der Waals surface area contributed by atoms with Crippen LogP contribution in [0.5, 0.6) is 0 Å². The molecular formula is C22H26F3N3O3S. The van der Waals surface area contributed by atoms with Gasteiger partial charge in [0.25, 0.3) is 5.91 Å². The zero-order chi connectivity index (χ0) is 23.5. The first-order chi connectivity index (χ1) is 15.0. The highest BCUT2D eigenvalue weighted by atomic mass is 32.2. The van der Waals surface area contributed by atoms with E-state index in [0.717, 1.165) is 38.1 Å². The van der Waals surface area contributed by atoms with Crippen LogP contribution in [0.1, 0.15) is 41.3 Å². The SMILES string of the molecule is Cc1cc(S(=O)(=O)N[C@H](C)C2CCNCC2)ccc1NC(=O)c1ccccc1C(F)(F)F. The molecule has 0 spiro atoms. The molecule has 0 unspecified atom stereocenters. The molecule has 2 aromatic rings. The normalized spacial score (nSPS) is 16.5. The molecule has 0 saturated carbocycles. The van der Waals surface area contributed by atoms with Crippen molar-refractivity contribution in [1.82, 2.24) is 10.0 Å². The molecule has 0 bridgehead atoms. The van der Waals surface area contributed by atoms with Gasteiger partial charge in [-0.05, 0) is 81.6 Å². The van der Waals surface area contributed by atoms with Crippen LogP contribution in [-0.2, 0) is 16.2 Å². The number of anilines is 1. The summed E-state index contributed by atoms with van der Waals surface area (Å²) in [5, 5.41) is 5.69. The van der Waals surface area contributed by atoms with Crippen molar-refractivity contribution in [3.63, 3.8) is 0 Å². The fourth-order valence-electron chi connectivity index (χ4n) is 3.81. The molecule has 32 heavy (non-hydrogen) atoms. The van der Waals surface area contributed by atoms with E-state index in [9.17, 15) is 26.4 Å². The quantitative estimate of drug-likeness (QED) is 0.598. The van der Waals surface area contributed by atoms with Crippen molar-refractivity contribution in [3.8, 4) is 0 Å². The fraction of sp³-hybridized carbons (Fsp3) is 0.409. The third kappa shape index (κ3) is 5.67. The van der Waals surface area contributed by atoms with Crippen molar-refractivity contribution in [2.45, 2.75) is 43.8 Å². The van der Waals surface area contributed by atoms with Gasteiger partial charge in [-0.1, -0.05) is 12.1 Å². The molecule has 1 heterocycles. The van der Waals surface area contributed by atoms with Gasteiger partial charge in [0.1, 0.15) is 0 Å². The van der Waals surface area contributed by atoms with Gasteiger partial charge >= 0.3 is 6.18 Å². The number of carbonyl (C=O) groups excluding carboxylic acids is 1. The number of halogens is 3. The maximum Gasteiger partial charge on any atom is 0.417 e. The van der Waals surface area contributed by atoms with Gasteiger partial charge in [-0.3, -0.25) is 4.79 Å². The molecule has 1 amide bonds. The molecule has 10 heteroatoms. The van der Waals surface area contributed by atoms with Crippen LogP contribution < -0.4 is 15.4 Å². The molecule has 6 nitrogen and oxygen atoms in total. The maximum atomic E-state index is 13.2. The number of aryl methyl sites for hydroxylation is 1. The lowest BCUT2D eigenvalue weighted by atomic mass is 9.92. The Morgan fingerprint density at radius 2 is 1.78 bits per heavy atom. The number of rotatable bonds is 6. The van der Waals surface area contributed by atoms with E-state index in [2.05, 4.69) is 15.4 Å². The molecule has 3 rings (SSSR count). The molecule has 1 saturated heterocycles. The van der Waals surface area contributed by atoms with E-state index < -0.39 is 33.2 Å². The minimum Gasteiger partial charge on any atom is -0.322 e. The van der Waals surface area contributed by atoms with E-state index in [1.807, 2.05) is 6.92 Å². The average molecular weight is 470 g/mol. The maximum absolute atomic E-state index is 13.2. The molecular weight excluding hydrogens is 443 g/mol. The summed E-state index contributed by atoms with van der Waals surface area (Å²) in [6.45, 7) is 5.12. The molecule has 0 aliphatic carbocycles. The number of hydrogen-bond donors (Lipinski definition) is 3. The Hall–Kier alpha value is -2.43. The Morgan fingerprint density at radius 3 is 2.41 bits per heavy atom. The first-order valence-corrected chi connectivity index (χ1v) is 11.8. The molecule has 1 aliphatic rings. The number of hydrogen-bond acceptors (Lipinski definition) is 4. The van der Waals surface area contributed by atoms with Crippen molar-refractivity contribution in [2.24, 2.45) is 5.92 Å². The van der Waals surface area contributed by atoms with E-state index in [1.54, 1.807) is 6.92 Å². The Kier molecular flexibility index (Phi) is 7.26. The smallest absolute Gasteiger partial charge is 0.322 e. The van der Waals surface area contributed by atoms with Crippen LogP contribution in [0.4, 0.5) is 18.9 Å². The minimum absolute atomic E-state index is 0.0319. The number of nitrogens with one attached hydrogen (secondary N) is 3. The Morgan fingerprint density at radius 1 is 1.12 bits per heavy atom. The van der Waals surface area contributed by atoms with E-state index in [4.69, 9.17) is 0 Å². The predicted molar refractivity (Wildman–Crippen MR) is 116 cm³/mol. The predicted octanol–water partition coefficient (Wildman–Crippen LogP) is 3.93. The van der Waals surface area contributed by atoms with Crippen LogP contribution in [0.3, 0.4) is 0 Å². The topological polar surface area (TPSA) is 87.3 Å². The Labute approximate surface area is 185 Å². The molecule has 1 aliphatic heterocycles. The van der Waals surface area contributed by atoms with Gasteiger partial charge in [0.15, 0.2) is 0 Å². The molecule has 1 fully saturated rings. The molecule has 3 N–H and O–H groups in total. The van der Waals surface area contributed by atoms with Crippen molar-refractivity contribution in [1.29, 1.82) is 0 Å². The first kappa shape index (κ1) is 24.2. The van der Waals surface area contributed by atoms with Crippen molar-refractivity contribution >= 4 is 21.6 Å². The lowest BCUT2D eigenvalue weighted by Gasteiger charge is -2.28. The third-order valence-electron chi connectivity index (χ3n) is 5.67. The van der Waals surface area contributed by atoms with Gasteiger partial charge in [-0.15, -0.1) is 0 Å². The van der Waals surface area contributed by atoms with E-state index in [1.165, 1.54) is 30.3 Å². The van der Waals surface area contributed by atoms with Crippen LogP contribution >= 0.6 is 0 Å². The van der Waals surface area contributed by atoms with Crippen LogP contribution in [0.15, 0.2) is 47.4 Å². The van der Waals surface area contributed by atoms with Crippen LogP contribution in [-0.4, -0.2) is 33.5 Å². The average Bonchev–Trinajstić information content (AvgIpc) is 2.74. The summed E-state index contributed by atoms with van der Waals surface area (Å²) in [4.78, 5) is 12.5. The highest BCUT2D eigenvalue weighted by Crippen LogP contribution is 2.32. The van der Waals surface area contributed by atoms with Crippen LogP contribution in [0.25, 0.3) is 0 Å². The minimum atomic E-state index is -4.67. The van der Waals surface area contributed by atoms with E-state index in [-0.39, 0.29) is 22.5 Å². The Bertz CT molecular complexity index is 1080. The fourth-order valence-corrected chi connectivity index (χ4v) is 5.21.